The van der Waals surface area contributed by atoms with Crippen LogP contribution in [0.4, 0.5) is 0 Å². The van der Waals surface area contributed by atoms with E-state index in [2.05, 4.69) is 78.9 Å². The molecule has 0 spiro atoms. The van der Waals surface area contributed by atoms with Crippen molar-refractivity contribution in [3.63, 3.8) is 0 Å². The minimum absolute atomic E-state index is 0.628. The normalized spacial score (nSPS) is 10.3. The molecule has 0 bridgehead atoms. The first-order chi connectivity index (χ1) is 8.16. The lowest BCUT2D eigenvalue weighted by atomic mass is 10.1. The van der Waals surface area contributed by atoms with Crippen LogP contribution in [-0.2, 0) is 6.61 Å². The number of ether oxygens (including phenoxy) is 1. The van der Waals surface area contributed by atoms with Crippen molar-refractivity contribution in [1.29, 1.82) is 0 Å². The summed E-state index contributed by atoms with van der Waals surface area (Å²) in [6, 6.07) is 14.6. The van der Waals surface area contributed by atoms with Crippen LogP contribution in [0, 0.1) is 17.4 Å². The Labute approximate surface area is 116 Å². The third kappa shape index (κ3) is 3.22. The molecule has 0 atom stereocenters. The molecule has 1 nitrogen and oxygen atoms in total. The van der Waals surface area contributed by atoms with Crippen molar-refractivity contribution in [2.45, 2.75) is 20.5 Å². The zero-order chi connectivity index (χ0) is 12.3. The molecule has 0 aliphatic heterocycles. The molecule has 0 N–H and O–H groups in total. The van der Waals surface area contributed by atoms with E-state index in [1.54, 1.807) is 0 Å². The minimum atomic E-state index is 0.628. The van der Waals surface area contributed by atoms with E-state index in [1.807, 2.05) is 0 Å². The van der Waals surface area contributed by atoms with Crippen LogP contribution in [0.1, 0.15) is 16.7 Å². The largest absolute Gasteiger partial charge is 0.488 e. The van der Waals surface area contributed by atoms with Crippen molar-refractivity contribution >= 4 is 22.6 Å². The van der Waals surface area contributed by atoms with Gasteiger partial charge in [0, 0.05) is 3.57 Å². The maximum absolute atomic E-state index is 5.89. The quantitative estimate of drug-likeness (QED) is 0.750. The van der Waals surface area contributed by atoms with Crippen molar-refractivity contribution in [3.05, 3.63) is 62.7 Å². The van der Waals surface area contributed by atoms with Gasteiger partial charge in [-0.25, -0.2) is 0 Å². The second kappa shape index (κ2) is 5.54. The zero-order valence-corrected chi connectivity index (χ0v) is 12.2. The topological polar surface area (TPSA) is 9.23 Å². The van der Waals surface area contributed by atoms with Gasteiger partial charge in [-0.05, 0) is 65.3 Å². The van der Waals surface area contributed by atoms with Crippen LogP contribution >= 0.6 is 22.6 Å². The molecule has 0 amide bonds. The minimum Gasteiger partial charge on any atom is -0.488 e. The molecule has 0 fully saturated rings. The van der Waals surface area contributed by atoms with Crippen molar-refractivity contribution in [3.8, 4) is 5.75 Å². The van der Waals surface area contributed by atoms with Crippen molar-refractivity contribution in [2.75, 3.05) is 0 Å². The summed E-state index contributed by atoms with van der Waals surface area (Å²) in [5.74, 6) is 1.01. The van der Waals surface area contributed by atoms with E-state index in [0.717, 1.165) is 5.75 Å². The highest BCUT2D eigenvalue weighted by atomic mass is 127. The van der Waals surface area contributed by atoms with E-state index < -0.39 is 0 Å². The molecule has 2 heteroatoms. The molecule has 88 valence electrons. The van der Waals surface area contributed by atoms with Crippen LogP contribution < -0.4 is 4.74 Å². The number of halogens is 1. The average Bonchev–Trinajstić information content (AvgIpc) is 2.31. The lowest BCUT2D eigenvalue weighted by Crippen LogP contribution is -1.98. The van der Waals surface area contributed by atoms with E-state index in [4.69, 9.17) is 4.74 Å². The van der Waals surface area contributed by atoms with Crippen LogP contribution in [0.3, 0.4) is 0 Å². The van der Waals surface area contributed by atoms with E-state index in [-0.39, 0.29) is 0 Å². The summed E-state index contributed by atoms with van der Waals surface area (Å²) >= 11 is 2.31. The number of hydrogen-bond acceptors (Lipinski definition) is 1. The summed E-state index contributed by atoms with van der Waals surface area (Å²) in [4.78, 5) is 0. The first-order valence-corrected chi connectivity index (χ1v) is 6.68. The number of benzene rings is 2. The molecule has 2 aromatic carbocycles. The second-order valence-electron chi connectivity index (χ2n) is 4.14. The molecule has 0 radical (unpaired) electrons. The first-order valence-electron chi connectivity index (χ1n) is 5.60. The van der Waals surface area contributed by atoms with Gasteiger partial charge in [0.15, 0.2) is 0 Å². The first kappa shape index (κ1) is 12.4. The van der Waals surface area contributed by atoms with Gasteiger partial charge in [0.1, 0.15) is 12.4 Å². The highest BCUT2D eigenvalue weighted by Gasteiger charge is 2.03. The summed E-state index contributed by atoms with van der Waals surface area (Å²) in [7, 11) is 0. The van der Waals surface area contributed by atoms with Gasteiger partial charge in [0.05, 0.1) is 0 Å². The molecular weight excluding hydrogens is 323 g/mol. The molecular formula is C15H15IO. The van der Waals surface area contributed by atoms with E-state index >= 15 is 0 Å². The van der Waals surface area contributed by atoms with Gasteiger partial charge in [-0.15, -0.1) is 0 Å². The molecule has 0 aliphatic rings. The Balaban J connectivity index is 2.10. The lowest BCUT2D eigenvalue weighted by molar-refractivity contribution is 0.302. The Morgan fingerprint density at radius 1 is 0.941 bits per heavy atom. The maximum atomic E-state index is 5.89. The molecule has 0 heterocycles. The number of aryl methyl sites for hydroxylation is 2. The molecule has 0 aromatic heterocycles. The van der Waals surface area contributed by atoms with Crippen molar-refractivity contribution in [1.82, 2.24) is 0 Å². The van der Waals surface area contributed by atoms with E-state index in [0.29, 0.717) is 6.61 Å². The van der Waals surface area contributed by atoms with Crippen LogP contribution in [0.15, 0.2) is 42.5 Å². The average molecular weight is 338 g/mol. The van der Waals surface area contributed by atoms with Gasteiger partial charge in [-0.1, -0.05) is 30.3 Å². The Bertz CT molecular complexity index is 483. The fraction of sp³-hybridized carbons (Fsp3) is 0.200. The predicted octanol–water partition coefficient (Wildman–Crippen LogP) is 4.49. The van der Waals surface area contributed by atoms with Crippen LogP contribution in [0.25, 0.3) is 0 Å². The van der Waals surface area contributed by atoms with E-state index in [9.17, 15) is 0 Å². The van der Waals surface area contributed by atoms with Gasteiger partial charge < -0.3 is 4.74 Å². The maximum Gasteiger partial charge on any atom is 0.125 e. The van der Waals surface area contributed by atoms with Gasteiger partial charge in [-0.3, -0.25) is 0 Å². The van der Waals surface area contributed by atoms with Gasteiger partial charge >= 0.3 is 0 Å². The van der Waals surface area contributed by atoms with E-state index in [1.165, 1.54) is 20.3 Å². The summed E-state index contributed by atoms with van der Waals surface area (Å²) < 4.78 is 7.14. The molecule has 2 rings (SSSR count). The highest BCUT2D eigenvalue weighted by Crippen LogP contribution is 2.23. The van der Waals surface area contributed by atoms with Crippen LogP contribution in [-0.4, -0.2) is 0 Å². The molecule has 0 saturated carbocycles. The Hall–Kier alpha value is -1.03. The molecule has 17 heavy (non-hydrogen) atoms. The fourth-order valence-electron chi connectivity index (χ4n) is 1.76. The summed E-state index contributed by atoms with van der Waals surface area (Å²) in [5.41, 5.74) is 3.58. The fourth-order valence-corrected chi connectivity index (χ4v) is 2.12. The van der Waals surface area contributed by atoms with Gasteiger partial charge in [0.2, 0.25) is 0 Å². The van der Waals surface area contributed by atoms with Crippen LogP contribution in [0.2, 0.25) is 0 Å². The van der Waals surface area contributed by atoms with Crippen molar-refractivity contribution in [2.24, 2.45) is 0 Å². The Morgan fingerprint density at radius 3 is 2.12 bits per heavy atom. The van der Waals surface area contributed by atoms with Crippen LogP contribution in [0.5, 0.6) is 5.75 Å². The summed E-state index contributed by atoms with van der Waals surface area (Å²) in [6.45, 7) is 4.79. The predicted molar refractivity (Wildman–Crippen MR) is 79.4 cm³/mol. The smallest absolute Gasteiger partial charge is 0.125 e. The number of rotatable bonds is 3. The Morgan fingerprint density at radius 2 is 1.53 bits per heavy atom. The number of para-hydroxylation sites is 1. The third-order valence-corrected chi connectivity index (χ3v) is 3.42. The molecule has 0 saturated heterocycles. The Kier molecular flexibility index (Phi) is 4.05. The third-order valence-electron chi connectivity index (χ3n) is 2.71. The molecule has 2 aromatic rings. The highest BCUT2D eigenvalue weighted by molar-refractivity contribution is 14.1. The summed E-state index contributed by atoms with van der Waals surface area (Å²) in [6.07, 6.45) is 0. The lowest BCUT2D eigenvalue weighted by Gasteiger charge is -2.11. The summed E-state index contributed by atoms with van der Waals surface area (Å²) in [5, 5.41) is 0. The molecule has 0 aliphatic carbocycles. The zero-order valence-electron chi connectivity index (χ0n) is 10.0. The van der Waals surface area contributed by atoms with Gasteiger partial charge in [-0.2, -0.15) is 0 Å². The SMILES string of the molecule is Cc1cccc(C)c1OCc1ccc(I)cc1. The van der Waals surface area contributed by atoms with Crippen molar-refractivity contribution < 1.29 is 4.74 Å². The molecule has 0 unspecified atom stereocenters. The monoisotopic (exact) mass is 338 g/mol. The standard InChI is InChI=1S/C15H15IO/c1-11-4-3-5-12(2)15(11)17-10-13-6-8-14(16)9-7-13/h3-9H,10H2,1-2H3. The second-order valence-corrected chi connectivity index (χ2v) is 5.38. The number of hydrogen-bond donors (Lipinski definition) is 0. The van der Waals surface area contributed by atoms with Gasteiger partial charge in [0.25, 0.3) is 0 Å².